The van der Waals surface area contributed by atoms with Gasteiger partial charge in [-0.15, -0.1) is 0 Å². The van der Waals surface area contributed by atoms with E-state index < -0.39 is 0 Å². The van der Waals surface area contributed by atoms with Gasteiger partial charge in [-0.25, -0.2) is 4.79 Å². The number of aromatic nitrogens is 2. The molecule has 1 aliphatic heterocycles. The fourth-order valence-electron chi connectivity index (χ4n) is 4.93. The summed E-state index contributed by atoms with van der Waals surface area (Å²) in [4.78, 5) is 20.7. The molecule has 0 saturated heterocycles. The molecule has 31 heavy (non-hydrogen) atoms. The Morgan fingerprint density at radius 3 is 2.65 bits per heavy atom. The lowest BCUT2D eigenvalue weighted by Crippen LogP contribution is -2.43. The van der Waals surface area contributed by atoms with Gasteiger partial charge >= 0.3 is 6.03 Å². The number of aromatic amines is 2. The number of benzene rings is 3. The van der Waals surface area contributed by atoms with Crippen molar-refractivity contribution in [3.63, 3.8) is 0 Å². The average molecular weight is 406 g/mol. The van der Waals surface area contributed by atoms with Gasteiger partial charge in [0.25, 0.3) is 0 Å². The van der Waals surface area contributed by atoms with Gasteiger partial charge in [-0.05, 0) is 52.3 Å². The van der Waals surface area contributed by atoms with Crippen LogP contribution in [0, 0.1) is 0 Å². The lowest BCUT2D eigenvalue weighted by Gasteiger charge is -2.36. The number of amides is 2. The van der Waals surface area contributed by atoms with Crippen LogP contribution in [-0.4, -0.2) is 27.4 Å². The van der Waals surface area contributed by atoms with Crippen molar-refractivity contribution in [2.75, 3.05) is 6.54 Å². The van der Waals surface area contributed by atoms with Crippen LogP contribution in [0.5, 0.6) is 0 Å². The first kappa shape index (κ1) is 17.8. The predicted octanol–water partition coefficient (Wildman–Crippen LogP) is 5.34. The van der Waals surface area contributed by atoms with Crippen LogP contribution in [0.15, 0.2) is 79.1 Å². The number of H-pyrrole nitrogens is 2. The van der Waals surface area contributed by atoms with E-state index in [1.807, 2.05) is 24.5 Å². The molecule has 152 valence electrons. The summed E-state index contributed by atoms with van der Waals surface area (Å²) >= 11 is 0. The van der Waals surface area contributed by atoms with Gasteiger partial charge in [0.1, 0.15) is 0 Å². The molecular weight excluding hydrogens is 384 g/mol. The Labute approximate surface area is 179 Å². The maximum Gasteiger partial charge on any atom is 0.315 e. The number of urea groups is 1. The number of nitrogens with two attached hydrogens (primary N) is 1. The van der Waals surface area contributed by atoms with Gasteiger partial charge in [0.05, 0.1) is 6.04 Å². The molecule has 0 spiro atoms. The van der Waals surface area contributed by atoms with Gasteiger partial charge in [-0.3, -0.25) is 0 Å². The molecule has 0 radical (unpaired) electrons. The van der Waals surface area contributed by atoms with E-state index in [1.165, 1.54) is 22.1 Å². The monoisotopic (exact) mass is 406 g/mol. The van der Waals surface area contributed by atoms with Crippen molar-refractivity contribution in [1.82, 2.24) is 14.9 Å². The average Bonchev–Trinajstić information content (AvgIpc) is 3.44. The molecule has 1 atom stereocenters. The molecule has 0 fully saturated rings. The van der Waals surface area contributed by atoms with Crippen LogP contribution in [0.1, 0.15) is 22.7 Å². The highest BCUT2D eigenvalue weighted by molar-refractivity contribution is 5.87. The Kier molecular flexibility index (Phi) is 3.90. The first-order valence-corrected chi connectivity index (χ1v) is 10.5. The molecule has 2 amide bonds. The van der Waals surface area contributed by atoms with Gasteiger partial charge in [0, 0.05) is 40.9 Å². The minimum absolute atomic E-state index is 0.197. The van der Waals surface area contributed by atoms with Gasteiger partial charge in [-0.2, -0.15) is 0 Å². The zero-order valence-corrected chi connectivity index (χ0v) is 16.9. The quantitative estimate of drug-likeness (QED) is 0.363. The predicted molar refractivity (Wildman–Crippen MR) is 124 cm³/mol. The van der Waals surface area contributed by atoms with E-state index in [-0.39, 0.29) is 12.1 Å². The molecule has 5 aromatic rings. The van der Waals surface area contributed by atoms with Gasteiger partial charge in [-0.1, -0.05) is 48.5 Å². The smallest absolute Gasteiger partial charge is 0.315 e. The third-order valence-electron chi connectivity index (χ3n) is 6.46. The van der Waals surface area contributed by atoms with E-state index in [9.17, 15) is 4.79 Å². The Bertz CT molecular complexity index is 1440. The van der Waals surface area contributed by atoms with Crippen molar-refractivity contribution in [2.45, 2.75) is 12.5 Å². The van der Waals surface area contributed by atoms with E-state index in [2.05, 4.69) is 64.6 Å². The van der Waals surface area contributed by atoms with Crippen molar-refractivity contribution < 1.29 is 4.79 Å². The van der Waals surface area contributed by atoms with Crippen LogP contribution in [0.25, 0.3) is 32.9 Å². The number of para-hydroxylation sites is 1. The molecule has 6 rings (SSSR count). The van der Waals surface area contributed by atoms with Crippen molar-refractivity contribution in [1.29, 1.82) is 0 Å². The molecule has 4 N–H and O–H groups in total. The summed E-state index contributed by atoms with van der Waals surface area (Å²) in [6.07, 6.45) is 4.76. The SMILES string of the molecule is NC(=O)N1CCc2cc(-c3ccc4cc[nH]c4c3)ccc2C1c1c[nH]c2ccccc12. The number of fused-ring (bicyclic) bond motifs is 3. The molecule has 0 saturated carbocycles. The number of nitrogens with one attached hydrogen (secondary N) is 2. The third-order valence-corrected chi connectivity index (χ3v) is 6.46. The summed E-state index contributed by atoms with van der Waals surface area (Å²) in [5.74, 6) is 0. The fourth-order valence-corrected chi connectivity index (χ4v) is 4.93. The van der Waals surface area contributed by atoms with E-state index in [0.717, 1.165) is 34.0 Å². The second-order valence-electron chi connectivity index (χ2n) is 8.17. The standard InChI is InChI=1S/C26H22N4O/c27-26(31)30-12-10-19-13-17(18-6-5-16-9-11-28-24(16)14-18)7-8-20(19)25(30)22-15-29-23-4-2-1-3-21(22)23/h1-9,11,13-15,25,28-29H,10,12H2,(H2,27,31). The minimum Gasteiger partial charge on any atom is -0.361 e. The van der Waals surface area contributed by atoms with E-state index in [4.69, 9.17) is 5.73 Å². The van der Waals surface area contributed by atoms with Crippen LogP contribution in [0.3, 0.4) is 0 Å². The largest absolute Gasteiger partial charge is 0.361 e. The lowest BCUT2D eigenvalue weighted by atomic mass is 9.86. The molecular formula is C26H22N4O. The number of hydrogen-bond acceptors (Lipinski definition) is 1. The summed E-state index contributed by atoms with van der Waals surface area (Å²) < 4.78 is 0. The van der Waals surface area contributed by atoms with Gasteiger partial charge in [0.15, 0.2) is 0 Å². The summed E-state index contributed by atoms with van der Waals surface area (Å²) in [6.45, 7) is 0.603. The van der Waals surface area contributed by atoms with E-state index >= 15 is 0 Å². The minimum atomic E-state index is -0.387. The number of primary amides is 1. The number of nitrogens with zero attached hydrogens (tertiary/aromatic N) is 1. The van der Waals surface area contributed by atoms with Crippen molar-refractivity contribution in [3.05, 3.63) is 95.8 Å². The van der Waals surface area contributed by atoms with Crippen LogP contribution in [0.2, 0.25) is 0 Å². The normalized spacial score (nSPS) is 16.0. The zero-order chi connectivity index (χ0) is 20.9. The van der Waals surface area contributed by atoms with Crippen molar-refractivity contribution in [3.8, 4) is 11.1 Å². The second kappa shape index (κ2) is 6.77. The molecule has 5 heteroatoms. The highest BCUT2D eigenvalue weighted by atomic mass is 16.2. The highest BCUT2D eigenvalue weighted by Gasteiger charge is 2.32. The zero-order valence-electron chi connectivity index (χ0n) is 16.9. The maximum atomic E-state index is 12.3. The summed E-state index contributed by atoms with van der Waals surface area (Å²) in [6, 6.07) is 22.7. The van der Waals surface area contributed by atoms with E-state index in [1.54, 1.807) is 4.90 Å². The van der Waals surface area contributed by atoms with Crippen LogP contribution in [0.4, 0.5) is 4.79 Å². The number of carbonyl (C=O) groups is 1. The number of carbonyl (C=O) groups excluding carboxylic acids is 1. The topological polar surface area (TPSA) is 77.9 Å². The molecule has 3 heterocycles. The van der Waals surface area contributed by atoms with Crippen LogP contribution >= 0.6 is 0 Å². The molecule has 5 nitrogen and oxygen atoms in total. The number of hydrogen-bond donors (Lipinski definition) is 3. The molecule has 0 bridgehead atoms. The Balaban J connectivity index is 1.48. The molecule has 0 aliphatic carbocycles. The molecule has 1 unspecified atom stereocenters. The van der Waals surface area contributed by atoms with Crippen LogP contribution < -0.4 is 5.73 Å². The van der Waals surface area contributed by atoms with E-state index in [0.29, 0.717) is 6.54 Å². The molecule has 3 aromatic carbocycles. The highest BCUT2D eigenvalue weighted by Crippen LogP contribution is 2.39. The second-order valence-corrected chi connectivity index (χ2v) is 8.17. The Morgan fingerprint density at radius 2 is 1.74 bits per heavy atom. The fraction of sp³-hybridized carbons (Fsp3) is 0.115. The summed E-state index contributed by atoms with van der Waals surface area (Å²) in [5.41, 5.74) is 13.8. The summed E-state index contributed by atoms with van der Waals surface area (Å²) in [7, 11) is 0. The maximum absolute atomic E-state index is 12.3. The Morgan fingerprint density at radius 1 is 0.903 bits per heavy atom. The summed E-state index contributed by atoms with van der Waals surface area (Å²) in [5, 5.41) is 2.33. The van der Waals surface area contributed by atoms with Crippen LogP contribution in [-0.2, 0) is 6.42 Å². The number of rotatable bonds is 2. The van der Waals surface area contributed by atoms with Gasteiger partial charge in [0.2, 0.25) is 0 Å². The first-order chi connectivity index (χ1) is 15.2. The van der Waals surface area contributed by atoms with Crippen molar-refractivity contribution in [2.24, 2.45) is 5.73 Å². The third kappa shape index (κ3) is 2.81. The molecule has 1 aliphatic rings. The Hall–Kier alpha value is -3.99. The van der Waals surface area contributed by atoms with Gasteiger partial charge < -0.3 is 20.6 Å². The molecule has 2 aromatic heterocycles. The first-order valence-electron chi connectivity index (χ1n) is 10.5. The lowest BCUT2D eigenvalue weighted by molar-refractivity contribution is 0.190. The van der Waals surface area contributed by atoms with Crippen molar-refractivity contribution >= 4 is 27.8 Å².